The lowest BCUT2D eigenvalue weighted by Crippen LogP contribution is -2.17. The molecule has 0 saturated heterocycles. The van der Waals surface area contributed by atoms with Crippen LogP contribution in [0.5, 0.6) is 0 Å². The average Bonchev–Trinajstić information content (AvgIpc) is 2.17. The van der Waals surface area contributed by atoms with Gasteiger partial charge in [-0.15, -0.1) is 0 Å². The SMILES string of the molecule is Cn1c(=O)ccc2ncc(F)c(N)c21. The minimum Gasteiger partial charge on any atom is -0.395 e. The largest absolute Gasteiger partial charge is 0.395 e. The molecule has 2 aromatic rings. The van der Waals surface area contributed by atoms with Crippen LogP contribution in [0.25, 0.3) is 11.0 Å². The number of anilines is 1. The fraction of sp³-hybridized carbons (Fsp3) is 0.111. The van der Waals surface area contributed by atoms with Gasteiger partial charge in [-0.1, -0.05) is 0 Å². The van der Waals surface area contributed by atoms with Crippen LogP contribution in [0.1, 0.15) is 0 Å². The summed E-state index contributed by atoms with van der Waals surface area (Å²) < 4.78 is 14.3. The molecule has 0 saturated carbocycles. The molecule has 2 heterocycles. The van der Waals surface area contributed by atoms with Gasteiger partial charge in [-0.25, -0.2) is 4.39 Å². The molecule has 0 bridgehead atoms. The molecule has 5 heteroatoms. The Morgan fingerprint density at radius 1 is 1.50 bits per heavy atom. The average molecular weight is 193 g/mol. The van der Waals surface area contributed by atoms with Gasteiger partial charge in [0.2, 0.25) is 0 Å². The molecule has 72 valence electrons. The number of pyridine rings is 2. The number of hydrogen-bond donors (Lipinski definition) is 1. The third-order valence-electron chi connectivity index (χ3n) is 2.12. The minimum atomic E-state index is -0.612. The molecule has 0 atom stereocenters. The highest BCUT2D eigenvalue weighted by Gasteiger charge is 2.08. The number of nitrogen functional groups attached to an aromatic ring is 1. The molecule has 0 aliphatic carbocycles. The Hall–Kier alpha value is -1.91. The zero-order chi connectivity index (χ0) is 10.3. The van der Waals surface area contributed by atoms with Crippen LogP contribution < -0.4 is 11.3 Å². The van der Waals surface area contributed by atoms with Gasteiger partial charge < -0.3 is 10.3 Å². The van der Waals surface area contributed by atoms with Gasteiger partial charge >= 0.3 is 0 Å². The van der Waals surface area contributed by atoms with Crippen molar-refractivity contribution in [2.45, 2.75) is 0 Å². The summed E-state index contributed by atoms with van der Waals surface area (Å²) in [6.45, 7) is 0. The summed E-state index contributed by atoms with van der Waals surface area (Å²) in [5, 5.41) is 0. The van der Waals surface area contributed by atoms with E-state index in [2.05, 4.69) is 4.98 Å². The van der Waals surface area contributed by atoms with Crippen LogP contribution in [-0.4, -0.2) is 9.55 Å². The highest BCUT2D eigenvalue weighted by molar-refractivity contribution is 5.86. The molecule has 2 rings (SSSR count). The minimum absolute atomic E-state index is 0.0461. The van der Waals surface area contributed by atoms with Crippen LogP contribution in [0.4, 0.5) is 10.1 Å². The number of aryl methyl sites for hydroxylation is 1. The zero-order valence-corrected chi connectivity index (χ0v) is 7.49. The van der Waals surface area contributed by atoms with Crippen LogP contribution in [0, 0.1) is 5.82 Å². The number of fused-ring (bicyclic) bond motifs is 1. The Kier molecular flexibility index (Phi) is 1.73. The van der Waals surface area contributed by atoms with Gasteiger partial charge in [0.1, 0.15) is 0 Å². The molecule has 0 unspecified atom stereocenters. The fourth-order valence-corrected chi connectivity index (χ4v) is 1.35. The maximum atomic E-state index is 13.1. The first-order valence-corrected chi connectivity index (χ1v) is 4.01. The summed E-state index contributed by atoms with van der Waals surface area (Å²) in [6.07, 6.45) is 1.04. The van der Waals surface area contributed by atoms with E-state index in [1.807, 2.05) is 0 Å². The Morgan fingerprint density at radius 3 is 2.93 bits per heavy atom. The first-order valence-electron chi connectivity index (χ1n) is 4.01. The molecule has 0 aromatic carbocycles. The van der Waals surface area contributed by atoms with Crippen molar-refractivity contribution in [2.24, 2.45) is 7.05 Å². The van der Waals surface area contributed by atoms with Gasteiger partial charge in [0.15, 0.2) is 5.82 Å². The van der Waals surface area contributed by atoms with E-state index in [4.69, 9.17) is 5.73 Å². The number of rotatable bonds is 0. The van der Waals surface area contributed by atoms with Gasteiger partial charge in [0, 0.05) is 13.1 Å². The molecule has 2 aromatic heterocycles. The van der Waals surface area contributed by atoms with Gasteiger partial charge in [-0.2, -0.15) is 0 Å². The van der Waals surface area contributed by atoms with Crippen molar-refractivity contribution in [3.05, 3.63) is 34.5 Å². The predicted molar refractivity (Wildman–Crippen MR) is 51.4 cm³/mol. The number of nitrogens with zero attached hydrogens (tertiary/aromatic N) is 2. The lowest BCUT2D eigenvalue weighted by Gasteiger charge is -2.06. The van der Waals surface area contributed by atoms with Crippen LogP contribution in [0.2, 0.25) is 0 Å². The fourth-order valence-electron chi connectivity index (χ4n) is 1.35. The van der Waals surface area contributed by atoms with Crippen molar-refractivity contribution in [3.8, 4) is 0 Å². The molecular formula is C9H8FN3O. The van der Waals surface area contributed by atoms with Crippen molar-refractivity contribution in [1.29, 1.82) is 0 Å². The Morgan fingerprint density at radius 2 is 2.21 bits per heavy atom. The summed E-state index contributed by atoms with van der Waals surface area (Å²) in [6, 6.07) is 2.89. The third-order valence-corrected chi connectivity index (χ3v) is 2.12. The third kappa shape index (κ3) is 1.06. The molecule has 0 fully saturated rings. The molecule has 0 radical (unpaired) electrons. The first-order chi connectivity index (χ1) is 6.61. The van der Waals surface area contributed by atoms with Crippen molar-refractivity contribution >= 4 is 16.7 Å². The van der Waals surface area contributed by atoms with E-state index in [-0.39, 0.29) is 11.2 Å². The predicted octanol–water partition coefficient (Wildman–Crippen LogP) is 0.655. The van der Waals surface area contributed by atoms with Crippen LogP contribution >= 0.6 is 0 Å². The smallest absolute Gasteiger partial charge is 0.250 e. The van der Waals surface area contributed by atoms with E-state index >= 15 is 0 Å². The maximum Gasteiger partial charge on any atom is 0.250 e. The number of nitrogens with two attached hydrogens (primary N) is 1. The van der Waals surface area contributed by atoms with Crippen molar-refractivity contribution in [2.75, 3.05) is 5.73 Å². The van der Waals surface area contributed by atoms with Gasteiger partial charge in [0.05, 0.1) is 22.9 Å². The summed E-state index contributed by atoms with van der Waals surface area (Å²) in [4.78, 5) is 15.1. The van der Waals surface area contributed by atoms with E-state index in [0.717, 1.165) is 6.20 Å². The van der Waals surface area contributed by atoms with E-state index in [9.17, 15) is 9.18 Å². The summed E-state index contributed by atoms with van der Waals surface area (Å²) in [5.41, 5.74) is 6.06. The topological polar surface area (TPSA) is 60.9 Å². The highest BCUT2D eigenvalue weighted by atomic mass is 19.1. The van der Waals surface area contributed by atoms with E-state index in [1.165, 1.54) is 23.7 Å². The second kappa shape index (κ2) is 2.80. The van der Waals surface area contributed by atoms with Crippen molar-refractivity contribution in [3.63, 3.8) is 0 Å². The standard InChI is InChI=1S/C9H8FN3O/c1-13-7(14)3-2-6-9(13)8(11)5(10)4-12-6/h2-4H,1H3,(H2,11,12). The zero-order valence-electron chi connectivity index (χ0n) is 7.49. The molecule has 14 heavy (non-hydrogen) atoms. The summed E-state index contributed by atoms with van der Waals surface area (Å²) in [5.74, 6) is -0.612. The first kappa shape index (κ1) is 8.68. The molecular weight excluding hydrogens is 185 g/mol. The summed E-state index contributed by atoms with van der Waals surface area (Å²) in [7, 11) is 1.53. The number of aromatic nitrogens is 2. The molecule has 2 N–H and O–H groups in total. The lowest BCUT2D eigenvalue weighted by molar-refractivity contribution is 0.627. The number of hydrogen-bond acceptors (Lipinski definition) is 3. The summed E-state index contributed by atoms with van der Waals surface area (Å²) >= 11 is 0. The molecule has 0 aliphatic rings. The van der Waals surface area contributed by atoms with Crippen molar-refractivity contribution in [1.82, 2.24) is 9.55 Å². The quantitative estimate of drug-likeness (QED) is 0.668. The highest BCUT2D eigenvalue weighted by Crippen LogP contribution is 2.19. The monoisotopic (exact) mass is 193 g/mol. The molecule has 4 nitrogen and oxygen atoms in total. The van der Waals surface area contributed by atoms with E-state index < -0.39 is 5.82 Å². The normalized spacial score (nSPS) is 10.7. The Labute approximate surface area is 78.8 Å². The van der Waals surface area contributed by atoms with Gasteiger partial charge in [-0.3, -0.25) is 9.78 Å². The second-order valence-electron chi connectivity index (χ2n) is 2.98. The van der Waals surface area contributed by atoms with Gasteiger partial charge in [-0.05, 0) is 6.07 Å². The van der Waals surface area contributed by atoms with Crippen LogP contribution in [-0.2, 0) is 7.05 Å². The molecule has 0 aliphatic heterocycles. The molecule has 0 spiro atoms. The number of halogens is 1. The van der Waals surface area contributed by atoms with Crippen LogP contribution in [0.15, 0.2) is 23.1 Å². The molecule has 0 amide bonds. The second-order valence-corrected chi connectivity index (χ2v) is 2.98. The van der Waals surface area contributed by atoms with Crippen LogP contribution in [0.3, 0.4) is 0 Å². The Bertz CT molecular complexity index is 562. The van der Waals surface area contributed by atoms with E-state index in [1.54, 1.807) is 0 Å². The van der Waals surface area contributed by atoms with Gasteiger partial charge in [0.25, 0.3) is 5.56 Å². The Balaban J connectivity index is 3.06. The lowest BCUT2D eigenvalue weighted by atomic mass is 10.2. The maximum absolute atomic E-state index is 13.1. The van der Waals surface area contributed by atoms with Crippen molar-refractivity contribution < 1.29 is 4.39 Å². The van der Waals surface area contributed by atoms with E-state index in [0.29, 0.717) is 11.0 Å².